The zero-order chi connectivity index (χ0) is 13.2. The van der Waals surface area contributed by atoms with Gasteiger partial charge in [0, 0.05) is 5.56 Å². The number of hydrazine groups is 1. The topological polar surface area (TPSA) is 94.5 Å². The molecule has 3 N–H and O–H groups in total. The first-order valence-electron chi connectivity index (χ1n) is 5.96. The number of nitrogens with one attached hydrogen (secondary N) is 1. The highest BCUT2D eigenvalue weighted by Gasteiger charge is 2.14. The molecule has 0 unspecified atom stereocenters. The standard InChI is InChI=1S/C12H13N7/c1-2-8-11(16-13)14-7-15-12(8)19-10-6-4-3-5-9(10)17-18-19/h3-7H,2,13H2,1H3,(H,14,15,16). The summed E-state index contributed by atoms with van der Waals surface area (Å²) >= 11 is 0. The molecule has 0 fully saturated rings. The molecule has 2 heterocycles. The summed E-state index contributed by atoms with van der Waals surface area (Å²) in [6.07, 6.45) is 2.20. The van der Waals surface area contributed by atoms with E-state index in [9.17, 15) is 0 Å². The van der Waals surface area contributed by atoms with E-state index in [-0.39, 0.29) is 0 Å². The molecule has 0 aliphatic heterocycles. The van der Waals surface area contributed by atoms with Crippen molar-refractivity contribution in [1.82, 2.24) is 25.0 Å². The second-order valence-electron chi connectivity index (χ2n) is 4.01. The molecule has 1 aromatic carbocycles. The summed E-state index contributed by atoms with van der Waals surface area (Å²) in [5.41, 5.74) is 5.21. The largest absolute Gasteiger partial charge is 0.308 e. The lowest BCUT2D eigenvalue weighted by molar-refractivity contribution is 0.783. The minimum atomic E-state index is 0.604. The van der Waals surface area contributed by atoms with E-state index < -0.39 is 0 Å². The van der Waals surface area contributed by atoms with E-state index in [4.69, 9.17) is 5.84 Å². The molecule has 0 aliphatic carbocycles. The monoisotopic (exact) mass is 255 g/mol. The van der Waals surface area contributed by atoms with E-state index in [2.05, 4.69) is 25.7 Å². The minimum absolute atomic E-state index is 0.604. The van der Waals surface area contributed by atoms with Gasteiger partial charge in [0.2, 0.25) is 0 Å². The zero-order valence-corrected chi connectivity index (χ0v) is 10.4. The SMILES string of the molecule is CCc1c(NN)ncnc1-n1nnc2ccccc21. The van der Waals surface area contributed by atoms with E-state index in [0.29, 0.717) is 11.6 Å². The van der Waals surface area contributed by atoms with Crippen LogP contribution in [0.5, 0.6) is 0 Å². The predicted octanol–water partition coefficient (Wildman–Crippen LogP) is 1.06. The van der Waals surface area contributed by atoms with Crippen molar-refractivity contribution in [3.8, 4) is 5.82 Å². The Morgan fingerprint density at radius 3 is 2.89 bits per heavy atom. The summed E-state index contributed by atoms with van der Waals surface area (Å²) < 4.78 is 1.71. The number of fused-ring (bicyclic) bond motifs is 1. The molecule has 96 valence electrons. The van der Waals surface area contributed by atoms with Crippen LogP contribution in [0.15, 0.2) is 30.6 Å². The Morgan fingerprint density at radius 2 is 2.11 bits per heavy atom. The van der Waals surface area contributed by atoms with Gasteiger partial charge in [-0.2, -0.15) is 4.68 Å². The Labute approximate surface area is 109 Å². The number of aromatic nitrogens is 5. The fraction of sp³-hybridized carbons (Fsp3) is 0.167. The van der Waals surface area contributed by atoms with Crippen LogP contribution in [0.2, 0.25) is 0 Å². The van der Waals surface area contributed by atoms with Crippen LogP contribution in [0, 0.1) is 0 Å². The van der Waals surface area contributed by atoms with Gasteiger partial charge in [0.25, 0.3) is 0 Å². The lowest BCUT2D eigenvalue weighted by Crippen LogP contribution is -2.14. The third-order valence-electron chi connectivity index (χ3n) is 2.97. The fourth-order valence-electron chi connectivity index (χ4n) is 2.06. The Balaban J connectivity index is 2.27. The number of nitrogen functional groups attached to an aromatic ring is 1. The van der Waals surface area contributed by atoms with Crippen LogP contribution >= 0.6 is 0 Å². The molecule has 0 amide bonds. The number of benzene rings is 1. The average Bonchev–Trinajstić information content (AvgIpc) is 2.90. The normalized spacial score (nSPS) is 10.8. The number of nitrogens with zero attached hydrogens (tertiary/aromatic N) is 5. The van der Waals surface area contributed by atoms with Crippen LogP contribution in [0.4, 0.5) is 5.82 Å². The second-order valence-corrected chi connectivity index (χ2v) is 4.01. The van der Waals surface area contributed by atoms with Crippen molar-refractivity contribution in [2.75, 3.05) is 5.43 Å². The number of hydrogen-bond acceptors (Lipinski definition) is 6. The van der Waals surface area contributed by atoms with Gasteiger partial charge in [-0.25, -0.2) is 15.8 Å². The summed E-state index contributed by atoms with van der Waals surface area (Å²) in [4.78, 5) is 8.41. The molecular formula is C12H13N7. The van der Waals surface area contributed by atoms with Crippen LogP contribution < -0.4 is 11.3 Å². The number of rotatable bonds is 3. The van der Waals surface area contributed by atoms with Gasteiger partial charge in [-0.15, -0.1) is 5.10 Å². The van der Waals surface area contributed by atoms with Crippen molar-refractivity contribution in [2.24, 2.45) is 5.84 Å². The van der Waals surface area contributed by atoms with E-state index >= 15 is 0 Å². The van der Waals surface area contributed by atoms with Crippen molar-refractivity contribution >= 4 is 16.9 Å². The Kier molecular flexibility index (Phi) is 2.81. The lowest BCUT2D eigenvalue weighted by atomic mass is 10.2. The molecule has 0 radical (unpaired) electrons. The lowest BCUT2D eigenvalue weighted by Gasteiger charge is -2.10. The molecule has 0 saturated heterocycles. The molecule has 3 rings (SSSR count). The van der Waals surface area contributed by atoms with Gasteiger partial charge in [-0.3, -0.25) is 0 Å². The van der Waals surface area contributed by atoms with Crippen molar-refractivity contribution < 1.29 is 0 Å². The van der Waals surface area contributed by atoms with Gasteiger partial charge in [0.1, 0.15) is 17.7 Å². The zero-order valence-electron chi connectivity index (χ0n) is 10.4. The maximum Gasteiger partial charge on any atom is 0.164 e. The molecule has 19 heavy (non-hydrogen) atoms. The highest BCUT2D eigenvalue weighted by atomic mass is 15.4. The molecule has 0 saturated carbocycles. The number of anilines is 1. The van der Waals surface area contributed by atoms with Crippen LogP contribution in [0.1, 0.15) is 12.5 Å². The molecule has 3 aromatic rings. The van der Waals surface area contributed by atoms with Gasteiger partial charge < -0.3 is 5.43 Å². The molecular weight excluding hydrogens is 242 g/mol. The fourth-order valence-corrected chi connectivity index (χ4v) is 2.06. The Hall–Kier alpha value is -2.54. The molecule has 0 bridgehead atoms. The smallest absolute Gasteiger partial charge is 0.164 e. The molecule has 0 spiro atoms. The van der Waals surface area contributed by atoms with Gasteiger partial charge in [-0.1, -0.05) is 24.3 Å². The maximum atomic E-state index is 5.48. The summed E-state index contributed by atoms with van der Waals surface area (Å²) in [5.74, 6) is 6.77. The first kappa shape index (κ1) is 11.5. The quantitative estimate of drug-likeness (QED) is 0.536. The number of para-hydroxylation sites is 1. The summed E-state index contributed by atoms with van der Waals surface area (Å²) in [6, 6.07) is 7.73. The average molecular weight is 255 g/mol. The molecule has 0 aliphatic rings. The van der Waals surface area contributed by atoms with Crippen LogP contribution in [-0.4, -0.2) is 25.0 Å². The summed E-state index contributed by atoms with van der Waals surface area (Å²) in [5, 5.41) is 8.28. The van der Waals surface area contributed by atoms with Gasteiger partial charge in [0.05, 0.1) is 5.52 Å². The third kappa shape index (κ3) is 1.80. The first-order chi connectivity index (χ1) is 9.35. The molecule has 7 nitrogen and oxygen atoms in total. The molecule has 7 heteroatoms. The van der Waals surface area contributed by atoms with E-state index in [1.807, 2.05) is 31.2 Å². The Morgan fingerprint density at radius 1 is 1.26 bits per heavy atom. The van der Waals surface area contributed by atoms with Crippen molar-refractivity contribution in [1.29, 1.82) is 0 Å². The molecule has 0 atom stereocenters. The minimum Gasteiger partial charge on any atom is -0.308 e. The van der Waals surface area contributed by atoms with Gasteiger partial charge in [-0.05, 0) is 18.6 Å². The van der Waals surface area contributed by atoms with E-state index in [1.54, 1.807) is 4.68 Å². The second kappa shape index (κ2) is 4.62. The number of hydrogen-bond donors (Lipinski definition) is 2. The van der Waals surface area contributed by atoms with Crippen LogP contribution in [0.25, 0.3) is 16.9 Å². The number of nitrogens with two attached hydrogens (primary N) is 1. The van der Waals surface area contributed by atoms with Crippen molar-refractivity contribution in [3.63, 3.8) is 0 Å². The summed E-state index contributed by atoms with van der Waals surface area (Å²) in [7, 11) is 0. The van der Waals surface area contributed by atoms with Gasteiger partial charge >= 0.3 is 0 Å². The van der Waals surface area contributed by atoms with Crippen molar-refractivity contribution in [3.05, 3.63) is 36.2 Å². The predicted molar refractivity (Wildman–Crippen MR) is 71.6 cm³/mol. The third-order valence-corrected chi connectivity index (χ3v) is 2.97. The van der Waals surface area contributed by atoms with Crippen LogP contribution in [-0.2, 0) is 6.42 Å². The highest BCUT2D eigenvalue weighted by Crippen LogP contribution is 2.21. The van der Waals surface area contributed by atoms with Crippen molar-refractivity contribution in [2.45, 2.75) is 13.3 Å². The van der Waals surface area contributed by atoms with Crippen LogP contribution in [0.3, 0.4) is 0 Å². The van der Waals surface area contributed by atoms with E-state index in [1.165, 1.54) is 6.33 Å². The van der Waals surface area contributed by atoms with Gasteiger partial charge in [0.15, 0.2) is 5.82 Å². The summed E-state index contributed by atoms with van der Waals surface area (Å²) in [6.45, 7) is 2.02. The highest BCUT2D eigenvalue weighted by molar-refractivity contribution is 5.76. The van der Waals surface area contributed by atoms with E-state index in [0.717, 1.165) is 23.0 Å². The molecule has 2 aromatic heterocycles. The first-order valence-corrected chi connectivity index (χ1v) is 5.96. The Bertz CT molecular complexity index is 719. The maximum absolute atomic E-state index is 5.48.